The topological polar surface area (TPSA) is 115 Å². The monoisotopic (exact) mass is 416 g/mol. The average Bonchev–Trinajstić information content (AvgIpc) is 3.10. The highest BCUT2D eigenvalue weighted by molar-refractivity contribution is 7.92. The van der Waals surface area contributed by atoms with Crippen molar-refractivity contribution in [1.82, 2.24) is 5.32 Å². The molecule has 0 radical (unpaired) electrons. The average molecular weight is 416 g/mol. The summed E-state index contributed by atoms with van der Waals surface area (Å²) < 4.78 is 35.8. The molecule has 3 rings (SSSR count). The van der Waals surface area contributed by atoms with Crippen molar-refractivity contribution in [2.24, 2.45) is 0 Å². The number of amides is 1. The van der Waals surface area contributed by atoms with Crippen LogP contribution in [-0.4, -0.2) is 33.2 Å². The van der Waals surface area contributed by atoms with Gasteiger partial charge in [0.25, 0.3) is 5.91 Å². The minimum Gasteiger partial charge on any atom is -0.459 e. The first-order valence-electron chi connectivity index (χ1n) is 8.75. The number of carbonyl (C=O) groups excluding carboxylic acids is 2. The Bertz CT molecular complexity index is 1120. The zero-order chi connectivity index (χ0) is 21.0. The number of rotatable bonds is 7. The van der Waals surface area contributed by atoms with Crippen LogP contribution >= 0.6 is 0 Å². The van der Waals surface area contributed by atoms with Gasteiger partial charge in [-0.2, -0.15) is 0 Å². The zero-order valence-electron chi connectivity index (χ0n) is 15.8. The molecule has 0 aliphatic rings. The molecule has 1 heterocycles. The summed E-state index contributed by atoms with van der Waals surface area (Å²) in [4.78, 5) is 24.4. The molecule has 0 fully saturated rings. The predicted molar refractivity (Wildman–Crippen MR) is 108 cm³/mol. The highest BCUT2D eigenvalue weighted by atomic mass is 32.2. The number of benzene rings is 2. The molecule has 0 aliphatic carbocycles. The van der Waals surface area contributed by atoms with Crippen LogP contribution in [0.2, 0.25) is 0 Å². The summed E-state index contributed by atoms with van der Waals surface area (Å²) in [6.45, 7) is 1.24. The second kappa shape index (κ2) is 8.36. The van der Waals surface area contributed by atoms with Crippen LogP contribution in [0.4, 0.5) is 5.69 Å². The number of hydrogen-bond donors (Lipinski definition) is 2. The molecule has 2 N–H and O–H groups in total. The lowest BCUT2D eigenvalue weighted by atomic mass is 10.2. The standard InChI is InChI=1S/C20H20N2O6S/c1-13(18-11-14-7-3-6-10-17(14)28-18)21-19(23)12-27-20(24)15-8-4-5-9-16(15)22-29(2,25)26/h3-11,13,22H,12H2,1-2H3,(H,21,23)/t13-/m1/s1. The van der Waals surface area contributed by atoms with E-state index in [9.17, 15) is 18.0 Å². The third-order valence-corrected chi connectivity index (χ3v) is 4.62. The fraction of sp³-hybridized carbons (Fsp3) is 0.200. The molecule has 152 valence electrons. The number of esters is 1. The number of sulfonamides is 1. The van der Waals surface area contributed by atoms with Crippen molar-refractivity contribution in [1.29, 1.82) is 0 Å². The SMILES string of the molecule is C[C@@H](NC(=O)COC(=O)c1ccccc1NS(C)(=O)=O)c1cc2ccccc2o1. The Morgan fingerprint density at radius 2 is 1.79 bits per heavy atom. The van der Waals surface area contributed by atoms with Crippen LogP contribution in [0.3, 0.4) is 0 Å². The molecular formula is C20H20N2O6S. The van der Waals surface area contributed by atoms with Crippen LogP contribution in [0.15, 0.2) is 59.0 Å². The van der Waals surface area contributed by atoms with Crippen molar-refractivity contribution in [2.75, 3.05) is 17.6 Å². The number of nitrogens with one attached hydrogen (secondary N) is 2. The summed E-state index contributed by atoms with van der Waals surface area (Å²) in [5.74, 6) is -0.753. The molecule has 0 saturated carbocycles. The van der Waals surface area contributed by atoms with Crippen molar-refractivity contribution in [3.05, 3.63) is 65.9 Å². The fourth-order valence-corrected chi connectivity index (χ4v) is 3.31. The Morgan fingerprint density at radius 1 is 1.10 bits per heavy atom. The fourth-order valence-electron chi connectivity index (χ4n) is 2.73. The number of fused-ring (bicyclic) bond motifs is 1. The summed E-state index contributed by atoms with van der Waals surface area (Å²) >= 11 is 0. The Kier molecular flexibility index (Phi) is 5.88. The molecule has 3 aromatic rings. The molecule has 0 saturated heterocycles. The number of carbonyl (C=O) groups is 2. The van der Waals surface area contributed by atoms with Gasteiger partial charge in [0, 0.05) is 5.39 Å². The van der Waals surface area contributed by atoms with Gasteiger partial charge in [-0.1, -0.05) is 30.3 Å². The molecule has 0 unspecified atom stereocenters. The highest BCUT2D eigenvalue weighted by Gasteiger charge is 2.18. The summed E-state index contributed by atoms with van der Waals surface area (Å²) in [6, 6.07) is 14.9. The molecule has 2 aromatic carbocycles. The largest absolute Gasteiger partial charge is 0.459 e. The maximum absolute atomic E-state index is 12.3. The second-order valence-corrected chi connectivity index (χ2v) is 8.22. The van der Waals surface area contributed by atoms with Gasteiger partial charge in [-0.05, 0) is 31.2 Å². The van der Waals surface area contributed by atoms with Crippen LogP contribution in [0.25, 0.3) is 11.0 Å². The van der Waals surface area contributed by atoms with Gasteiger partial charge in [0.1, 0.15) is 11.3 Å². The molecule has 1 amide bonds. The minimum atomic E-state index is -3.57. The van der Waals surface area contributed by atoms with Gasteiger partial charge in [0.2, 0.25) is 10.0 Å². The van der Waals surface area contributed by atoms with E-state index < -0.39 is 34.5 Å². The number of anilines is 1. The number of ether oxygens (including phenoxy) is 1. The van der Waals surface area contributed by atoms with E-state index in [1.807, 2.05) is 30.3 Å². The number of para-hydroxylation sites is 2. The van der Waals surface area contributed by atoms with E-state index in [1.165, 1.54) is 12.1 Å². The van der Waals surface area contributed by atoms with Gasteiger partial charge in [-0.15, -0.1) is 0 Å². The zero-order valence-corrected chi connectivity index (χ0v) is 16.7. The van der Waals surface area contributed by atoms with E-state index in [2.05, 4.69) is 10.0 Å². The van der Waals surface area contributed by atoms with Gasteiger partial charge < -0.3 is 14.5 Å². The maximum Gasteiger partial charge on any atom is 0.340 e. The van der Waals surface area contributed by atoms with E-state index in [0.29, 0.717) is 11.3 Å². The van der Waals surface area contributed by atoms with Crippen LogP contribution in [0, 0.1) is 0 Å². The van der Waals surface area contributed by atoms with Gasteiger partial charge in [0.05, 0.1) is 23.5 Å². The third kappa shape index (κ3) is 5.35. The van der Waals surface area contributed by atoms with Crippen LogP contribution in [-0.2, 0) is 19.6 Å². The lowest BCUT2D eigenvalue weighted by Gasteiger charge is -2.13. The summed E-state index contributed by atoms with van der Waals surface area (Å²) in [7, 11) is -3.57. The minimum absolute atomic E-state index is 0.0102. The summed E-state index contributed by atoms with van der Waals surface area (Å²) in [6.07, 6.45) is 0.974. The first-order chi connectivity index (χ1) is 13.7. The van der Waals surface area contributed by atoms with Crippen molar-refractivity contribution in [3.63, 3.8) is 0 Å². The first-order valence-corrected chi connectivity index (χ1v) is 10.6. The van der Waals surface area contributed by atoms with Gasteiger partial charge >= 0.3 is 5.97 Å². The highest BCUT2D eigenvalue weighted by Crippen LogP contribution is 2.23. The molecule has 8 nitrogen and oxygen atoms in total. The quantitative estimate of drug-likeness (QED) is 0.573. The van der Waals surface area contributed by atoms with E-state index in [0.717, 1.165) is 11.6 Å². The maximum atomic E-state index is 12.3. The summed E-state index contributed by atoms with van der Waals surface area (Å²) in [5, 5.41) is 3.62. The molecule has 1 atom stereocenters. The van der Waals surface area contributed by atoms with E-state index in [4.69, 9.17) is 9.15 Å². The van der Waals surface area contributed by atoms with Gasteiger partial charge in [0.15, 0.2) is 6.61 Å². The van der Waals surface area contributed by atoms with Crippen molar-refractivity contribution >= 4 is 38.6 Å². The molecule has 1 aromatic heterocycles. The van der Waals surface area contributed by atoms with Crippen molar-refractivity contribution in [3.8, 4) is 0 Å². The Morgan fingerprint density at radius 3 is 2.52 bits per heavy atom. The predicted octanol–water partition coefficient (Wildman–Crippen LogP) is 2.84. The van der Waals surface area contributed by atoms with E-state index in [-0.39, 0.29) is 11.3 Å². The second-order valence-electron chi connectivity index (χ2n) is 6.47. The van der Waals surface area contributed by atoms with Crippen molar-refractivity contribution in [2.45, 2.75) is 13.0 Å². The number of hydrogen-bond acceptors (Lipinski definition) is 6. The lowest BCUT2D eigenvalue weighted by molar-refractivity contribution is -0.125. The normalized spacial score (nSPS) is 12.3. The Hall–Kier alpha value is -3.33. The van der Waals surface area contributed by atoms with Gasteiger partial charge in [-0.3, -0.25) is 9.52 Å². The van der Waals surface area contributed by atoms with Crippen molar-refractivity contribution < 1.29 is 27.2 Å². The molecule has 29 heavy (non-hydrogen) atoms. The Labute approximate surface area is 167 Å². The van der Waals surface area contributed by atoms with Gasteiger partial charge in [-0.25, -0.2) is 13.2 Å². The molecule has 0 spiro atoms. The van der Waals surface area contributed by atoms with Crippen LogP contribution in [0.1, 0.15) is 29.1 Å². The van der Waals surface area contributed by atoms with E-state index >= 15 is 0 Å². The first kappa shape index (κ1) is 20.4. The number of furan rings is 1. The van der Waals surface area contributed by atoms with Crippen LogP contribution in [0.5, 0.6) is 0 Å². The third-order valence-electron chi connectivity index (χ3n) is 4.03. The molecule has 0 aliphatic heterocycles. The lowest BCUT2D eigenvalue weighted by Crippen LogP contribution is -2.31. The molecular weight excluding hydrogens is 396 g/mol. The summed E-state index contributed by atoms with van der Waals surface area (Å²) in [5.41, 5.74) is 0.803. The molecule has 0 bridgehead atoms. The smallest absolute Gasteiger partial charge is 0.340 e. The van der Waals surface area contributed by atoms with E-state index in [1.54, 1.807) is 19.1 Å². The van der Waals surface area contributed by atoms with Crippen LogP contribution < -0.4 is 10.0 Å². The molecule has 9 heteroatoms. The Balaban J connectivity index is 1.60.